The highest BCUT2D eigenvalue weighted by molar-refractivity contribution is 6.32. The Labute approximate surface area is 163 Å². The van der Waals surface area contributed by atoms with E-state index in [1.54, 1.807) is 12.1 Å². The SMILES string of the molecule is C[C@H](OC(=O)/C=C/c1cc(Cl)c2c(c1)OCO2)C(=O)Nc1cc(F)ccc1F. The molecule has 9 heteroatoms. The topological polar surface area (TPSA) is 73.9 Å². The standard InChI is InChI=1S/C19H14ClF2NO5/c1-10(19(25)23-15-8-12(21)3-4-14(15)22)28-17(24)5-2-11-6-13(20)18-16(7-11)26-9-27-18/h2-8,10H,9H2,1H3,(H,23,25)/b5-2+/t10-/m0/s1. The molecular formula is C19H14ClF2NO5. The Kier molecular flexibility index (Phi) is 5.79. The van der Waals surface area contributed by atoms with Gasteiger partial charge in [0.1, 0.15) is 11.6 Å². The number of ether oxygens (including phenoxy) is 3. The zero-order valence-electron chi connectivity index (χ0n) is 14.5. The molecule has 0 aliphatic carbocycles. The summed E-state index contributed by atoms with van der Waals surface area (Å²) in [6, 6.07) is 5.82. The monoisotopic (exact) mass is 409 g/mol. The summed E-state index contributed by atoms with van der Waals surface area (Å²) in [7, 11) is 0. The van der Waals surface area contributed by atoms with E-state index in [-0.39, 0.29) is 12.5 Å². The van der Waals surface area contributed by atoms with E-state index in [1.807, 2.05) is 0 Å². The van der Waals surface area contributed by atoms with Crippen LogP contribution in [0.3, 0.4) is 0 Å². The fourth-order valence-corrected chi connectivity index (χ4v) is 2.62. The minimum atomic E-state index is -1.24. The Morgan fingerprint density at radius 1 is 1.25 bits per heavy atom. The maximum Gasteiger partial charge on any atom is 0.331 e. The Bertz CT molecular complexity index is 964. The zero-order chi connectivity index (χ0) is 20.3. The molecule has 0 unspecified atom stereocenters. The molecule has 1 aliphatic heterocycles. The molecule has 28 heavy (non-hydrogen) atoms. The predicted molar refractivity (Wildman–Crippen MR) is 97.2 cm³/mol. The Morgan fingerprint density at radius 3 is 2.82 bits per heavy atom. The van der Waals surface area contributed by atoms with Crippen molar-refractivity contribution >= 4 is 35.2 Å². The molecule has 1 amide bonds. The van der Waals surface area contributed by atoms with Crippen LogP contribution in [-0.2, 0) is 14.3 Å². The molecule has 0 aromatic heterocycles. The third-order valence-corrected chi connectivity index (χ3v) is 3.99. The summed E-state index contributed by atoms with van der Waals surface area (Å²) in [6.07, 6.45) is 1.29. The van der Waals surface area contributed by atoms with Crippen molar-refractivity contribution in [2.75, 3.05) is 12.1 Å². The molecule has 1 aliphatic rings. The van der Waals surface area contributed by atoms with Crippen molar-refractivity contribution in [3.63, 3.8) is 0 Å². The number of esters is 1. The summed E-state index contributed by atoms with van der Waals surface area (Å²) in [5, 5.41) is 2.49. The smallest absolute Gasteiger partial charge is 0.331 e. The fraction of sp³-hybridized carbons (Fsp3) is 0.158. The molecule has 0 spiro atoms. The molecule has 0 saturated carbocycles. The molecule has 0 bridgehead atoms. The van der Waals surface area contributed by atoms with Crippen LogP contribution in [0.25, 0.3) is 6.08 Å². The van der Waals surface area contributed by atoms with E-state index in [1.165, 1.54) is 13.0 Å². The molecule has 3 rings (SSSR count). The van der Waals surface area contributed by atoms with Gasteiger partial charge < -0.3 is 19.5 Å². The van der Waals surface area contributed by atoms with Gasteiger partial charge in [-0.2, -0.15) is 0 Å². The number of fused-ring (bicyclic) bond motifs is 1. The lowest BCUT2D eigenvalue weighted by molar-refractivity contribution is -0.148. The van der Waals surface area contributed by atoms with Gasteiger partial charge in [0.25, 0.3) is 5.91 Å². The van der Waals surface area contributed by atoms with Crippen molar-refractivity contribution in [1.29, 1.82) is 0 Å². The van der Waals surface area contributed by atoms with Gasteiger partial charge in [-0.15, -0.1) is 0 Å². The van der Waals surface area contributed by atoms with Crippen LogP contribution in [0.15, 0.2) is 36.4 Å². The number of carbonyl (C=O) groups excluding carboxylic acids is 2. The summed E-state index contributed by atoms with van der Waals surface area (Å²) < 4.78 is 42.1. The largest absolute Gasteiger partial charge is 0.454 e. The van der Waals surface area contributed by atoms with Crippen LogP contribution >= 0.6 is 11.6 Å². The van der Waals surface area contributed by atoms with Gasteiger partial charge in [0.2, 0.25) is 6.79 Å². The highest BCUT2D eigenvalue weighted by Gasteiger charge is 2.19. The first-order valence-electron chi connectivity index (χ1n) is 8.07. The third-order valence-electron chi connectivity index (χ3n) is 3.71. The number of anilines is 1. The molecule has 0 radical (unpaired) electrons. The van der Waals surface area contributed by atoms with Crippen LogP contribution < -0.4 is 14.8 Å². The van der Waals surface area contributed by atoms with Crippen LogP contribution in [-0.4, -0.2) is 24.8 Å². The lowest BCUT2D eigenvalue weighted by atomic mass is 10.2. The van der Waals surface area contributed by atoms with E-state index in [0.29, 0.717) is 22.1 Å². The zero-order valence-corrected chi connectivity index (χ0v) is 15.3. The second-order valence-electron chi connectivity index (χ2n) is 5.76. The van der Waals surface area contributed by atoms with Crippen LogP contribution in [0.1, 0.15) is 12.5 Å². The molecule has 1 N–H and O–H groups in total. The van der Waals surface area contributed by atoms with Crippen LogP contribution in [0.5, 0.6) is 11.5 Å². The Hall–Kier alpha value is -3.13. The number of amides is 1. The number of rotatable bonds is 5. The molecule has 0 fully saturated rings. The minimum Gasteiger partial charge on any atom is -0.454 e. The average Bonchev–Trinajstić information content (AvgIpc) is 3.12. The van der Waals surface area contributed by atoms with Gasteiger partial charge in [0, 0.05) is 12.1 Å². The molecule has 0 saturated heterocycles. The quantitative estimate of drug-likeness (QED) is 0.598. The second kappa shape index (κ2) is 8.26. The van der Waals surface area contributed by atoms with Crippen LogP contribution in [0.2, 0.25) is 5.02 Å². The number of carbonyl (C=O) groups is 2. The van der Waals surface area contributed by atoms with Gasteiger partial charge >= 0.3 is 5.97 Å². The van der Waals surface area contributed by atoms with Crippen molar-refractivity contribution in [1.82, 2.24) is 0 Å². The van der Waals surface area contributed by atoms with E-state index in [2.05, 4.69) is 5.32 Å². The Morgan fingerprint density at radius 2 is 2.04 bits per heavy atom. The molecule has 6 nitrogen and oxygen atoms in total. The normalized spacial score (nSPS) is 13.4. The number of hydrogen-bond acceptors (Lipinski definition) is 5. The van der Waals surface area contributed by atoms with E-state index in [0.717, 1.165) is 24.3 Å². The fourth-order valence-electron chi connectivity index (χ4n) is 2.34. The summed E-state index contributed by atoms with van der Waals surface area (Å²) in [4.78, 5) is 23.9. The van der Waals surface area contributed by atoms with Crippen molar-refractivity contribution in [3.8, 4) is 11.5 Å². The first kappa shape index (κ1) is 19.6. The lowest BCUT2D eigenvalue weighted by Crippen LogP contribution is -2.29. The van der Waals surface area contributed by atoms with Crippen LogP contribution in [0.4, 0.5) is 14.5 Å². The van der Waals surface area contributed by atoms with Gasteiger partial charge in [-0.3, -0.25) is 4.79 Å². The van der Waals surface area contributed by atoms with Gasteiger partial charge in [-0.05, 0) is 42.8 Å². The molecule has 2 aromatic rings. The maximum atomic E-state index is 13.6. The Balaban J connectivity index is 1.59. The molecule has 1 heterocycles. The van der Waals surface area contributed by atoms with Crippen molar-refractivity contribution < 1.29 is 32.6 Å². The molecule has 2 aromatic carbocycles. The van der Waals surface area contributed by atoms with Crippen molar-refractivity contribution in [2.24, 2.45) is 0 Å². The van der Waals surface area contributed by atoms with Gasteiger partial charge in [-0.25, -0.2) is 13.6 Å². The summed E-state index contributed by atoms with van der Waals surface area (Å²) in [6.45, 7) is 1.36. The summed E-state index contributed by atoms with van der Waals surface area (Å²) in [5.74, 6) is -2.27. The maximum absolute atomic E-state index is 13.6. The summed E-state index contributed by atoms with van der Waals surface area (Å²) >= 11 is 6.05. The summed E-state index contributed by atoms with van der Waals surface area (Å²) in [5.41, 5.74) is 0.212. The number of halogens is 3. The first-order valence-corrected chi connectivity index (χ1v) is 8.45. The molecule has 146 valence electrons. The van der Waals surface area contributed by atoms with Gasteiger partial charge in [0.05, 0.1) is 10.7 Å². The molecular weight excluding hydrogens is 396 g/mol. The van der Waals surface area contributed by atoms with E-state index in [9.17, 15) is 18.4 Å². The highest BCUT2D eigenvalue weighted by Crippen LogP contribution is 2.40. The number of benzene rings is 2. The van der Waals surface area contributed by atoms with E-state index >= 15 is 0 Å². The first-order chi connectivity index (χ1) is 13.3. The van der Waals surface area contributed by atoms with E-state index in [4.69, 9.17) is 25.8 Å². The predicted octanol–water partition coefficient (Wildman–Crippen LogP) is 3.93. The third kappa shape index (κ3) is 4.58. The van der Waals surface area contributed by atoms with Crippen LogP contribution in [0, 0.1) is 11.6 Å². The minimum absolute atomic E-state index is 0.0583. The number of hydrogen-bond donors (Lipinski definition) is 1. The van der Waals surface area contributed by atoms with Gasteiger partial charge in [0.15, 0.2) is 17.6 Å². The van der Waals surface area contributed by atoms with Crippen molar-refractivity contribution in [3.05, 3.63) is 58.6 Å². The van der Waals surface area contributed by atoms with E-state index < -0.39 is 29.6 Å². The second-order valence-corrected chi connectivity index (χ2v) is 6.17. The highest BCUT2D eigenvalue weighted by atomic mass is 35.5. The lowest BCUT2D eigenvalue weighted by Gasteiger charge is -2.13. The van der Waals surface area contributed by atoms with Crippen molar-refractivity contribution in [2.45, 2.75) is 13.0 Å². The number of nitrogens with one attached hydrogen (secondary N) is 1. The molecule has 1 atom stereocenters. The van der Waals surface area contributed by atoms with Gasteiger partial charge in [-0.1, -0.05) is 11.6 Å². The average molecular weight is 410 g/mol.